The van der Waals surface area contributed by atoms with Gasteiger partial charge in [0.2, 0.25) is 0 Å². The van der Waals surface area contributed by atoms with Crippen LogP contribution >= 0.6 is 23.2 Å². The van der Waals surface area contributed by atoms with Crippen LogP contribution in [-0.4, -0.2) is 6.54 Å². The summed E-state index contributed by atoms with van der Waals surface area (Å²) in [6.45, 7) is 2.98. The van der Waals surface area contributed by atoms with E-state index in [4.69, 9.17) is 27.6 Å². The Morgan fingerprint density at radius 1 is 1.26 bits per heavy atom. The van der Waals surface area contributed by atoms with E-state index in [0.29, 0.717) is 5.02 Å². The van der Waals surface area contributed by atoms with Gasteiger partial charge in [-0.05, 0) is 49.2 Å². The molecule has 2 rings (SSSR count). The number of rotatable bonds is 6. The summed E-state index contributed by atoms with van der Waals surface area (Å²) in [5.41, 5.74) is 1.10. The number of furan rings is 1. The van der Waals surface area contributed by atoms with Gasteiger partial charge in [0.1, 0.15) is 5.76 Å². The highest BCUT2D eigenvalue weighted by Gasteiger charge is 2.11. The van der Waals surface area contributed by atoms with Crippen LogP contribution in [0.15, 0.2) is 41.0 Å². The summed E-state index contributed by atoms with van der Waals surface area (Å²) >= 11 is 12.0. The second-order valence-electron chi connectivity index (χ2n) is 4.42. The normalized spacial score (nSPS) is 12.6. The molecule has 4 heteroatoms. The maximum absolute atomic E-state index is 6.15. The molecular formula is C15H17Cl2NO. The lowest BCUT2D eigenvalue weighted by molar-refractivity contribution is 0.406. The van der Waals surface area contributed by atoms with Gasteiger partial charge in [0.15, 0.2) is 0 Å². The van der Waals surface area contributed by atoms with Crippen LogP contribution in [-0.2, 0) is 6.42 Å². The molecule has 1 N–H and O–H groups in total. The SMILES string of the molecule is CCC(NCCc1ccc(Cl)cc1Cl)c1ccco1. The van der Waals surface area contributed by atoms with Crippen molar-refractivity contribution in [3.63, 3.8) is 0 Å². The number of halogens is 2. The summed E-state index contributed by atoms with van der Waals surface area (Å²) in [6.07, 6.45) is 3.56. The standard InChI is InChI=1S/C15H17Cl2NO/c1-2-14(15-4-3-9-19-15)18-8-7-11-5-6-12(16)10-13(11)17/h3-6,9-10,14,18H,2,7-8H2,1H3. The maximum Gasteiger partial charge on any atom is 0.120 e. The summed E-state index contributed by atoms with van der Waals surface area (Å²) in [6, 6.07) is 9.78. The highest BCUT2D eigenvalue weighted by molar-refractivity contribution is 6.35. The molecule has 0 bridgehead atoms. The fourth-order valence-corrected chi connectivity index (χ4v) is 2.54. The third-order valence-corrected chi connectivity index (χ3v) is 3.68. The molecule has 19 heavy (non-hydrogen) atoms. The minimum absolute atomic E-state index is 0.251. The van der Waals surface area contributed by atoms with Crippen LogP contribution < -0.4 is 5.32 Å². The monoisotopic (exact) mass is 297 g/mol. The van der Waals surface area contributed by atoms with Gasteiger partial charge < -0.3 is 9.73 Å². The van der Waals surface area contributed by atoms with E-state index in [0.717, 1.165) is 35.7 Å². The average molecular weight is 298 g/mol. The van der Waals surface area contributed by atoms with E-state index in [-0.39, 0.29) is 6.04 Å². The van der Waals surface area contributed by atoms with Crippen LogP contribution in [0.3, 0.4) is 0 Å². The van der Waals surface area contributed by atoms with E-state index in [1.54, 1.807) is 12.3 Å². The maximum atomic E-state index is 6.15. The average Bonchev–Trinajstić information content (AvgIpc) is 2.90. The van der Waals surface area contributed by atoms with Gasteiger partial charge in [-0.2, -0.15) is 0 Å². The van der Waals surface area contributed by atoms with E-state index in [2.05, 4.69) is 12.2 Å². The van der Waals surface area contributed by atoms with E-state index >= 15 is 0 Å². The van der Waals surface area contributed by atoms with Gasteiger partial charge in [-0.25, -0.2) is 0 Å². The van der Waals surface area contributed by atoms with Crippen molar-refractivity contribution in [2.75, 3.05) is 6.54 Å². The lowest BCUT2D eigenvalue weighted by atomic mass is 10.1. The zero-order chi connectivity index (χ0) is 13.7. The van der Waals surface area contributed by atoms with E-state index in [1.807, 2.05) is 24.3 Å². The van der Waals surface area contributed by atoms with Crippen LogP contribution in [0, 0.1) is 0 Å². The summed E-state index contributed by atoms with van der Waals surface area (Å²) in [5.74, 6) is 0.977. The van der Waals surface area contributed by atoms with Gasteiger partial charge in [0, 0.05) is 10.0 Å². The van der Waals surface area contributed by atoms with Crippen molar-refractivity contribution < 1.29 is 4.42 Å². The van der Waals surface area contributed by atoms with Gasteiger partial charge >= 0.3 is 0 Å². The molecule has 0 aliphatic heterocycles. The molecular weight excluding hydrogens is 281 g/mol. The molecule has 0 fully saturated rings. The Labute approximate surface area is 123 Å². The topological polar surface area (TPSA) is 25.2 Å². The van der Waals surface area contributed by atoms with Crippen LogP contribution in [0.25, 0.3) is 0 Å². The van der Waals surface area contributed by atoms with Crippen molar-refractivity contribution >= 4 is 23.2 Å². The fraction of sp³-hybridized carbons (Fsp3) is 0.333. The zero-order valence-electron chi connectivity index (χ0n) is 10.8. The third kappa shape index (κ3) is 4.00. The molecule has 1 aromatic carbocycles. The Morgan fingerprint density at radius 3 is 2.74 bits per heavy atom. The van der Waals surface area contributed by atoms with Gasteiger partial charge in [0.25, 0.3) is 0 Å². The van der Waals surface area contributed by atoms with E-state index in [9.17, 15) is 0 Å². The number of hydrogen-bond donors (Lipinski definition) is 1. The molecule has 1 aromatic heterocycles. The Hall–Kier alpha value is -0.960. The van der Waals surface area contributed by atoms with E-state index < -0.39 is 0 Å². The first-order chi connectivity index (χ1) is 9.20. The molecule has 2 aromatic rings. The Kier molecular flexibility index (Phi) is 5.32. The predicted octanol–water partition coefficient (Wildman–Crippen LogP) is 4.87. The molecule has 0 spiro atoms. The van der Waals surface area contributed by atoms with Crippen LogP contribution in [0.2, 0.25) is 10.0 Å². The minimum Gasteiger partial charge on any atom is -0.468 e. The second kappa shape index (κ2) is 6.99. The first-order valence-corrected chi connectivity index (χ1v) is 7.17. The molecule has 0 amide bonds. The first-order valence-electron chi connectivity index (χ1n) is 6.41. The number of nitrogens with one attached hydrogen (secondary N) is 1. The Balaban J connectivity index is 1.89. The predicted molar refractivity (Wildman–Crippen MR) is 79.9 cm³/mol. The molecule has 1 unspecified atom stereocenters. The van der Waals surface area contributed by atoms with Crippen LogP contribution in [0.5, 0.6) is 0 Å². The highest BCUT2D eigenvalue weighted by Crippen LogP contribution is 2.22. The van der Waals surface area contributed by atoms with Crippen LogP contribution in [0.4, 0.5) is 0 Å². The number of benzene rings is 1. The van der Waals surface area contributed by atoms with Gasteiger partial charge in [0.05, 0.1) is 12.3 Å². The van der Waals surface area contributed by atoms with Crippen molar-refractivity contribution in [2.45, 2.75) is 25.8 Å². The molecule has 1 atom stereocenters. The smallest absolute Gasteiger partial charge is 0.120 e. The van der Waals surface area contributed by atoms with Crippen molar-refractivity contribution in [2.24, 2.45) is 0 Å². The first kappa shape index (κ1) is 14.4. The second-order valence-corrected chi connectivity index (χ2v) is 5.26. The molecule has 0 aliphatic carbocycles. The zero-order valence-corrected chi connectivity index (χ0v) is 12.3. The fourth-order valence-electron chi connectivity index (χ4n) is 2.04. The minimum atomic E-state index is 0.251. The molecule has 0 radical (unpaired) electrons. The van der Waals surface area contributed by atoms with Crippen molar-refractivity contribution in [1.82, 2.24) is 5.32 Å². The Bertz CT molecular complexity index is 511. The third-order valence-electron chi connectivity index (χ3n) is 3.10. The molecule has 0 aliphatic rings. The van der Waals surface area contributed by atoms with Crippen molar-refractivity contribution in [3.8, 4) is 0 Å². The van der Waals surface area contributed by atoms with Crippen LogP contribution in [0.1, 0.15) is 30.7 Å². The molecule has 0 saturated carbocycles. The largest absolute Gasteiger partial charge is 0.468 e. The van der Waals surface area contributed by atoms with Gasteiger partial charge in [-0.1, -0.05) is 36.2 Å². The number of hydrogen-bond acceptors (Lipinski definition) is 2. The molecule has 1 heterocycles. The van der Waals surface area contributed by atoms with Crippen molar-refractivity contribution in [1.29, 1.82) is 0 Å². The van der Waals surface area contributed by atoms with Crippen molar-refractivity contribution in [3.05, 3.63) is 58.0 Å². The summed E-state index contributed by atoms with van der Waals surface area (Å²) in [7, 11) is 0. The molecule has 0 saturated heterocycles. The van der Waals surface area contributed by atoms with Gasteiger partial charge in [-0.15, -0.1) is 0 Å². The summed E-state index contributed by atoms with van der Waals surface area (Å²) in [4.78, 5) is 0. The lowest BCUT2D eigenvalue weighted by Gasteiger charge is -2.14. The lowest BCUT2D eigenvalue weighted by Crippen LogP contribution is -2.22. The molecule has 2 nitrogen and oxygen atoms in total. The van der Waals surface area contributed by atoms with Gasteiger partial charge in [-0.3, -0.25) is 0 Å². The quantitative estimate of drug-likeness (QED) is 0.823. The molecule has 102 valence electrons. The Morgan fingerprint density at radius 2 is 2.11 bits per heavy atom. The van der Waals surface area contributed by atoms with E-state index in [1.165, 1.54) is 0 Å². The summed E-state index contributed by atoms with van der Waals surface area (Å²) in [5, 5.41) is 4.87. The highest BCUT2D eigenvalue weighted by atomic mass is 35.5. The summed E-state index contributed by atoms with van der Waals surface area (Å²) < 4.78 is 5.42.